The SMILES string of the molecule is O=S1(=O)CCN(C2CCCCC2)c2c(F)nc(N3CCOCC3)c(F)c21. The van der Waals surface area contributed by atoms with Crippen molar-refractivity contribution in [3.05, 3.63) is 11.8 Å². The lowest BCUT2D eigenvalue weighted by Crippen LogP contribution is -2.45. The van der Waals surface area contributed by atoms with Crippen LogP contribution in [-0.2, 0) is 14.6 Å². The number of rotatable bonds is 2. The quantitative estimate of drug-likeness (QED) is 0.725. The summed E-state index contributed by atoms with van der Waals surface area (Å²) in [5.74, 6) is -2.24. The maximum absolute atomic E-state index is 15.2. The highest BCUT2D eigenvalue weighted by Crippen LogP contribution is 2.40. The van der Waals surface area contributed by atoms with Crippen LogP contribution in [0.1, 0.15) is 32.1 Å². The number of hydrogen-bond donors (Lipinski definition) is 0. The van der Waals surface area contributed by atoms with Gasteiger partial charge in [0, 0.05) is 25.7 Å². The van der Waals surface area contributed by atoms with E-state index < -0.39 is 26.5 Å². The third kappa shape index (κ3) is 3.05. The van der Waals surface area contributed by atoms with Gasteiger partial charge in [-0.15, -0.1) is 0 Å². The Bertz CT molecular complexity index is 791. The van der Waals surface area contributed by atoms with Crippen LogP contribution in [0.5, 0.6) is 0 Å². The Morgan fingerprint density at radius 1 is 1.04 bits per heavy atom. The monoisotopic (exact) mass is 387 g/mol. The first kappa shape index (κ1) is 17.9. The van der Waals surface area contributed by atoms with Gasteiger partial charge in [-0.05, 0) is 12.8 Å². The number of nitrogens with zero attached hydrogens (tertiary/aromatic N) is 3. The minimum absolute atomic E-state index is 0.0444. The van der Waals surface area contributed by atoms with Gasteiger partial charge in [0.25, 0.3) is 0 Å². The molecule has 9 heteroatoms. The number of aromatic nitrogens is 1. The molecule has 6 nitrogen and oxygen atoms in total. The lowest BCUT2D eigenvalue weighted by Gasteiger charge is -2.40. The molecule has 1 aliphatic carbocycles. The standard InChI is InChI=1S/C17H23F2N3O3S/c18-13-15-14(16(19)20-17(13)21-6-9-25-10-7-21)22(8-11-26(15,23)24)12-4-2-1-3-5-12/h12H,1-11H2. The molecule has 0 aromatic carbocycles. The minimum atomic E-state index is -3.88. The fourth-order valence-corrected chi connectivity index (χ4v) is 5.70. The molecule has 1 aromatic rings. The fraction of sp³-hybridized carbons (Fsp3) is 0.706. The van der Waals surface area contributed by atoms with E-state index in [1.165, 1.54) is 0 Å². The Labute approximate surface area is 152 Å². The zero-order valence-corrected chi connectivity index (χ0v) is 15.4. The number of hydrogen-bond acceptors (Lipinski definition) is 6. The molecule has 2 aliphatic heterocycles. The average molecular weight is 387 g/mol. The molecule has 0 atom stereocenters. The maximum Gasteiger partial charge on any atom is 0.239 e. The zero-order chi connectivity index (χ0) is 18.3. The first-order valence-electron chi connectivity index (χ1n) is 9.20. The number of anilines is 2. The van der Waals surface area contributed by atoms with Crippen molar-refractivity contribution in [2.75, 3.05) is 48.4 Å². The number of sulfone groups is 1. The van der Waals surface area contributed by atoms with Crippen LogP contribution >= 0.6 is 0 Å². The molecule has 144 valence electrons. The second-order valence-corrected chi connectivity index (χ2v) is 9.17. The summed E-state index contributed by atoms with van der Waals surface area (Å²) in [6.45, 7) is 1.65. The molecular weight excluding hydrogens is 364 g/mol. The van der Waals surface area contributed by atoms with E-state index in [0.29, 0.717) is 26.3 Å². The number of halogens is 2. The lowest BCUT2D eigenvalue weighted by atomic mass is 9.94. The molecule has 3 aliphatic rings. The van der Waals surface area contributed by atoms with Crippen LogP contribution in [-0.4, -0.2) is 58.0 Å². The van der Waals surface area contributed by atoms with Gasteiger partial charge < -0.3 is 14.5 Å². The van der Waals surface area contributed by atoms with Gasteiger partial charge in [-0.25, -0.2) is 12.8 Å². The molecule has 0 unspecified atom stereocenters. The summed E-state index contributed by atoms with van der Waals surface area (Å²) in [5, 5.41) is 0. The average Bonchev–Trinajstić information content (AvgIpc) is 2.65. The predicted octanol–water partition coefficient (Wildman–Crippen LogP) is 2.12. The van der Waals surface area contributed by atoms with Crippen LogP contribution in [0.2, 0.25) is 0 Å². The van der Waals surface area contributed by atoms with Crippen LogP contribution in [0.25, 0.3) is 0 Å². The topological polar surface area (TPSA) is 62.7 Å². The highest BCUT2D eigenvalue weighted by molar-refractivity contribution is 7.91. The van der Waals surface area contributed by atoms with Gasteiger partial charge >= 0.3 is 0 Å². The Balaban J connectivity index is 1.82. The summed E-state index contributed by atoms with van der Waals surface area (Å²) in [6.07, 6.45) is 4.90. The second-order valence-electron chi connectivity index (χ2n) is 7.12. The molecule has 0 amide bonds. The van der Waals surface area contributed by atoms with Crippen molar-refractivity contribution < 1.29 is 21.9 Å². The van der Waals surface area contributed by atoms with E-state index >= 15 is 4.39 Å². The van der Waals surface area contributed by atoms with Crippen LogP contribution in [0.4, 0.5) is 20.3 Å². The van der Waals surface area contributed by atoms with Crippen molar-refractivity contribution in [2.24, 2.45) is 0 Å². The van der Waals surface area contributed by atoms with E-state index in [2.05, 4.69) is 4.98 Å². The molecule has 1 saturated heterocycles. The highest BCUT2D eigenvalue weighted by Gasteiger charge is 2.40. The summed E-state index contributed by atoms with van der Waals surface area (Å²) in [6, 6.07) is 0.0444. The normalized spacial score (nSPS) is 23.8. The van der Waals surface area contributed by atoms with Gasteiger partial charge in [0.2, 0.25) is 5.95 Å². The molecule has 2 fully saturated rings. The number of pyridine rings is 1. The fourth-order valence-electron chi connectivity index (χ4n) is 4.20. The molecule has 3 heterocycles. The molecule has 1 saturated carbocycles. The Morgan fingerprint density at radius 3 is 2.42 bits per heavy atom. The number of morpholine rings is 1. The predicted molar refractivity (Wildman–Crippen MR) is 93.5 cm³/mol. The number of fused-ring (bicyclic) bond motifs is 1. The summed E-state index contributed by atoms with van der Waals surface area (Å²) in [7, 11) is -3.88. The summed E-state index contributed by atoms with van der Waals surface area (Å²) >= 11 is 0. The molecule has 26 heavy (non-hydrogen) atoms. The van der Waals surface area contributed by atoms with E-state index in [1.807, 2.05) is 0 Å². The van der Waals surface area contributed by atoms with Crippen LogP contribution in [0.3, 0.4) is 0 Å². The van der Waals surface area contributed by atoms with Gasteiger partial charge in [0.1, 0.15) is 10.6 Å². The molecule has 0 bridgehead atoms. The van der Waals surface area contributed by atoms with Gasteiger partial charge in [-0.1, -0.05) is 19.3 Å². The Hall–Kier alpha value is -1.48. The maximum atomic E-state index is 15.2. The van der Waals surface area contributed by atoms with Crippen molar-refractivity contribution in [3.8, 4) is 0 Å². The summed E-state index contributed by atoms with van der Waals surface area (Å²) in [4.78, 5) is 6.63. The van der Waals surface area contributed by atoms with Crippen LogP contribution in [0, 0.1) is 11.8 Å². The molecule has 0 N–H and O–H groups in total. The lowest BCUT2D eigenvalue weighted by molar-refractivity contribution is 0.122. The molecule has 0 radical (unpaired) electrons. The second kappa shape index (κ2) is 6.92. The zero-order valence-electron chi connectivity index (χ0n) is 14.6. The van der Waals surface area contributed by atoms with E-state index in [-0.39, 0.29) is 29.8 Å². The molecule has 0 spiro atoms. The van der Waals surface area contributed by atoms with E-state index in [4.69, 9.17) is 4.74 Å². The highest BCUT2D eigenvalue weighted by atomic mass is 32.2. The van der Waals surface area contributed by atoms with Crippen molar-refractivity contribution in [1.82, 2.24) is 4.98 Å². The smallest absolute Gasteiger partial charge is 0.239 e. The van der Waals surface area contributed by atoms with E-state index in [9.17, 15) is 12.8 Å². The molecule has 4 rings (SSSR count). The first-order chi connectivity index (χ1) is 12.5. The van der Waals surface area contributed by atoms with Crippen LogP contribution < -0.4 is 9.80 Å². The third-order valence-electron chi connectivity index (χ3n) is 5.54. The van der Waals surface area contributed by atoms with Gasteiger partial charge in [-0.3, -0.25) is 0 Å². The first-order valence-corrected chi connectivity index (χ1v) is 10.9. The largest absolute Gasteiger partial charge is 0.378 e. The van der Waals surface area contributed by atoms with Crippen molar-refractivity contribution in [2.45, 2.75) is 43.0 Å². The van der Waals surface area contributed by atoms with Crippen molar-refractivity contribution in [3.63, 3.8) is 0 Å². The Morgan fingerprint density at radius 2 is 1.73 bits per heavy atom. The van der Waals surface area contributed by atoms with Gasteiger partial charge in [0.05, 0.1) is 19.0 Å². The molecule has 1 aromatic heterocycles. The van der Waals surface area contributed by atoms with Crippen LogP contribution in [0.15, 0.2) is 4.90 Å². The molecular formula is C17H23F2N3O3S. The van der Waals surface area contributed by atoms with Gasteiger partial charge in [-0.2, -0.15) is 9.37 Å². The van der Waals surface area contributed by atoms with Crippen molar-refractivity contribution in [1.29, 1.82) is 0 Å². The summed E-state index contributed by atoms with van der Waals surface area (Å²) in [5.41, 5.74) is -0.169. The van der Waals surface area contributed by atoms with Crippen molar-refractivity contribution >= 4 is 21.3 Å². The number of ether oxygens (including phenoxy) is 1. The van der Waals surface area contributed by atoms with Gasteiger partial charge in [0.15, 0.2) is 21.5 Å². The van der Waals surface area contributed by atoms with E-state index in [0.717, 1.165) is 32.1 Å². The third-order valence-corrected chi connectivity index (χ3v) is 7.25. The summed E-state index contributed by atoms with van der Waals surface area (Å²) < 4.78 is 60.7. The minimum Gasteiger partial charge on any atom is -0.378 e. The Kier molecular flexibility index (Phi) is 4.77. The van der Waals surface area contributed by atoms with E-state index in [1.54, 1.807) is 9.80 Å².